The van der Waals surface area contributed by atoms with Crippen LogP contribution >= 0.6 is 0 Å². The first-order valence-corrected chi connectivity index (χ1v) is 6.64. The summed E-state index contributed by atoms with van der Waals surface area (Å²) in [6.07, 6.45) is 0. The van der Waals surface area contributed by atoms with Gasteiger partial charge in [-0.05, 0) is 24.3 Å². The predicted molar refractivity (Wildman–Crippen MR) is 64.5 cm³/mol. The maximum absolute atomic E-state index is 11.8. The van der Waals surface area contributed by atoms with E-state index in [1.807, 2.05) is 4.90 Å². The van der Waals surface area contributed by atoms with Crippen molar-refractivity contribution in [1.82, 2.24) is 4.31 Å². The fourth-order valence-electron chi connectivity index (χ4n) is 1.60. The van der Waals surface area contributed by atoms with Gasteiger partial charge in [-0.25, -0.2) is 12.7 Å². The number of hydrogen-bond acceptors (Lipinski definition) is 4. The minimum absolute atomic E-state index is 0.204. The number of ketones is 1. The van der Waals surface area contributed by atoms with Crippen LogP contribution in [0.5, 0.6) is 0 Å². The lowest BCUT2D eigenvalue weighted by Gasteiger charge is -2.31. The van der Waals surface area contributed by atoms with Crippen LogP contribution in [0.1, 0.15) is 0 Å². The third kappa shape index (κ3) is 2.18. The third-order valence-corrected chi connectivity index (χ3v) is 4.54. The van der Waals surface area contributed by atoms with E-state index in [1.165, 1.54) is 18.4 Å². The zero-order valence-corrected chi connectivity index (χ0v) is 10.6. The number of anilines is 1. The molecule has 0 aliphatic carbocycles. The number of rotatable bonds is 3. The maximum atomic E-state index is 11.8. The fraction of sp³-hybridized carbons (Fsp3) is 0.364. The molecular formula is C11H14N2O3S. The lowest BCUT2D eigenvalue weighted by Crippen LogP contribution is -2.47. The van der Waals surface area contributed by atoms with Gasteiger partial charge in [-0.3, -0.25) is 4.79 Å². The molecule has 5 nitrogen and oxygen atoms in total. The number of carbonyl (C=O) groups is 1. The molecule has 92 valence electrons. The number of carbonyl (C=O) groups excluding carboxylic acids is 1. The second kappa shape index (κ2) is 4.12. The molecule has 0 radical (unpaired) electrons. The van der Waals surface area contributed by atoms with Crippen LogP contribution in [-0.2, 0) is 14.8 Å². The molecule has 0 unspecified atom stereocenters. The Kier molecular flexibility index (Phi) is 2.92. The first-order valence-electron chi connectivity index (χ1n) is 5.20. The predicted octanol–water partition coefficient (Wildman–Crippen LogP) is 0.326. The Morgan fingerprint density at radius 1 is 1.12 bits per heavy atom. The van der Waals surface area contributed by atoms with Crippen molar-refractivity contribution in [3.05, 3.63) is 24.3 Å². The smallest absolute Gasteiger partial charge is 0.242 e. The fourth-order valence-corrected chi connectivity index (χ4v) is 2.50. The summed E-state index contributed by atoms with van der Waals surface area (Å²) in [4.78, 5) is 13.0. The summed E-state index contributed by atoms with van der Waals surface area (Å²) in [5, 5.41) is 0. The molecule has 0 atom stereocenters. The van der Waals surface area contributed by atoms with Crippen LogP contribution in [0.4, 0.5) is 5.69 Å². The number of sulfonamides is 1. The molecule has 0 spiro atoms. The average Bonchev–Trinajstić information content (AvgIpc) is 2.25. The molecule has 0 bridgehead atoms. The van der Waals surface area contributed by atoms with E-state index in [4.69, 9.17) is 0 Å². The SMILES string of the molecule is CN(C)S(=O)(=O)c1ccc(N2CC(=O)C2)cc1. The highest BCUT2D eigenvalue weighted by Crippen LogP contribution is 2.22. The lowest BCUT2D eigenvalue weighted by atomic mass is 10.1. The second-order valence-corrected chi connectivity index (χ2v) is 6.33. The molecule has 1 aromatic carbocycles. The molecule has 0 amide bonds. The van der Waals surface area contributed by atoms with Gasteiger partial charge in [0.1, 0.15) is 0 Å². The number of Topliss-reactive ketones (excluding diaryl/α,β-unsaturated/α-hetero) is 1. The molecule has 2 rings (SSSR count). The van der Waals surface area contributed by atoms with Gasteiger partial charge < -0.3 is 4.90 Å². The van der Waals surface area contributed by atoms with Gasteiger partial charge in [0.05, 0.1) is 18.0 Å². The molecule has 1 aliphatic rings. The number of benzene rings is 1. The third-order valence-electron chi connectivity index (χ3n) is 2.71. The van der Waals surface area contributed by atoms with Crippen LogP contribution in [0.2, 0.25) is 0 Å². The molecular weight excluding hydrogens is 240 g/mol. The molecule has 0 aromatic heterocycles. The van der Waals surface area contributed by atoms with Gasteiger partial charge in [-0.15, -0.1) is 0 Å². The van der Waals surface area contributed by atoms with E-state index in [0.29, 0.717) is 13.1 Å². The molecule has 1 aliphatic heterocycles. The first kappa shape index (κ1) is 12.1. The van der Waals surface area contributed by atoms with E-state index in [-0.39, 0.29) is 10.7 Å². The van der Waals surface area contributed by atoms with E-state index in [2.05, 4.69) is 0 Å². The van der Waals surface area contributed by atoms with Gasteiger partial charge >= 0.3 is 0 Å². The maximum Gasteiger partial charge on any atom is 0.242 e. The highest BCUT2D eigenvalue weighted by Gasteiger charge is 2.24. The molecule has 17 heavy (non-hydrogen) atoms. The van der Waals surface area contributed by atoms with Crippen LogP contribution < -0.4 is 4.90 Å². The Morgan fingerprint density at radius 2 is 1.65 bits per heavy atom. The molecule has 6 heteroatoms. The van der Waals surface area contributed by atoms with Gasteiger partial charge in [-0.2, -0.15) is 0 Å². The average molecular weight is 254 g/mol. The van der Waals surface area contributed by atoms with Gasteiger partial charge in [0.25, 0.3) is 0 Å². The van der Waals surface area contributed by atoms with Crippen molar-refractivity contribution in [3.8, 4) is 0 Å². The van der Waals surface area contributed by atoms with E-state index in [9.17, 15) is 13.2 Å². The molecule has 1 saturated heterocycles. The van der Waals surface area contributed by atoms with E-state index < -0.39 is 10.0 Å². The molecule has 0 N–H and O–H groups in total. The zero-order chi connectivity index (χ0) is 12.6. The van der Waals surface area contributed by atoms with Crippen molar-refractivity contribution in [1.29, 1.82) is 0 Å². The molecule has 1 fully saturated rings. The van der Waals surface area contributed by atoms with Crippen LogP contribution in [0.25, 0.3) is 0 Å². The van der Waals surface area contributed by atoms with Crippen molar-refractivity contribution >= 4 is 21.5 Å². The van der Waals surface area contributed by atoms with E-state index in [0.717, 1.165) is 5.69 Å². The summed E-state index contributed by atoms with van der Waals surface area (Å²) in [5.41, 5.74) is 0.877. The number of hydrogen-bond donors (Lipinski definition) is 0. The second-order valence-electron chi connectivity index (χ2n) is 4.18. The Bertz CT molecular complexity index is 526. The Balaban J connectivity index is 2.22. The van der Waals surface area contributed by atoms with Gasteiger partial charge in [0.2, 0.25) is 10.0 Å². The van der Waals surface area contributed by atoms with Gasteiger partial charge in [0, 0.05) is 19.8 Å². The Labute approximate surface area is 101 Å². The summed E-state index contributed by atoms with van der Waals surface area (Å²) in [6, 6.07) is 6.58. The van der Waals surface area contributed by atoms with Crippen LogP contribution in [0.15, 0.2) is 29.2 Å². The van der Waals surface area contributed by atoms with Crippen LogP contribution in [-0.4, -0.2) is 45.7 Å². The highest BCUT2D eigenvalue weighted by atomic mass is 32.2. The minimum Gasteiger partial charge on any atom is -0.357 e. The van der Waals surface area contributed by atoms with Crippen molar-refractivity contribution in [2.75, 3.05) is 32.1 Å². The van der Waals surface area contributed by atoms with E-state index in [1.54, 1.807) is 24.3 Å². The van der Waals surface area contributed by atoms with Gasteiger partial charge in [0.15, 0.2) is 5.78 Å². The van der Waals surface area contributed by atoms with Crippen molar-refractivity contribution in [2.45, 2.75) is 4.90 Å². The normalized spacial score (nSPS) is 16.2. The molecule has 1 heterocycles. The van der Waals surface area contributed by atoms with E-state index >= 15 is 0 Å². The lowest BCUT2D eigenvalue weighted by molar-refractivity contribution is -0.119. The summed E-state index contributed by atoms with van der Waals surface area (Å²) in [7, 11) is -0.376. The Hall–Kier alpha value is -1.40. The summed E-state index contributed by atoms with van der Waals surface area (Å²) < 4.78 is 24.8. The summed E-state index contributed by atoms with van der Waals surface area (Å²) in [5.74, 6) is 0.204. The monoisotopic (exact) mass is 254 g/mol. The van der Waals surface area contributed by atoms with Crippen molar-refractivity contribution in [2.24, 2.45) is 0 Å². The molecule has 1 aromatic rings. The van der Waals surface area contributed by atoms with Crippen LogP contribution in [0, 0.1) is 0 Å². The standard InChI is InChI=1S/C11H14N2O3S/c1-12(2)17(15,16)11-5-3-9(4-6-11)13-7-10(14)8-13/h3-6H,7-8H2,1-2H3. The minimum atomic E-state index is -3.37. The molecule has 0 saturated carbocycles. The van der Waals surface area contributed by atoms with Crippen molar-refractivity contribution < 1.29 is 13.2 Å². The summed E-state index contributed by atoms with van der Waals surface area (Å²) in [6.45, 7) is 0.833. The zero-order valence-electron chi connectivity index (χ0n) is 9.75. The summed E-state index contributed by atoms with van der Waals surface area (Å²) >= 11 is 0. The Morgan fingerprint density at radius 3 is 2.06 bits per heavy atom. The quantitative estimate of drug-likeness (QED) is 0.780. The highest BCUT2D eigenvalue weighted by molar-refractivity contribution is 7.89. The van der Waals surface area contributed by atoms with Crippen LogP contribution in [0.3, 0.4) is 0 Å². The van der Waals surface area contributed by atoms with Crippen molar-refractivity contribution in [3.63, 3.8) is 0 Å². The number of nitrogens with zero attached hydrogens (tertiary/aromatic N) is 2. The first-order chi connectivity index (χ1) is 7.91. The largest absolute Gasteiger partial charge is 0.357 e. The van der Waals surface area contributed by atoms with Gasteiger partial charge in [-0.1, -0.05) is 0 Å². The topological polar surface area (TPSA) is 57.7 Å².